The maximum atomic E-state index is 12.6. The molecule has 0 spiro atoms. The molecule has 1 saturated heterocycles. The quantitative estimate of drug-likeness (QED) is 0.794. The van der Waals surface area contributed by atoms with Crippen LogP contribution in [0.4, 0.5) is 23.7 Å². The van der Waals surface area contributed by atoms with Crippen molar-refractivity contribution in [2.24, 2.45) is 0 Å². The number of aromatic nitrogens is 2. The van der Waals surface area contributed by atoms with Crippen molar-refractivity contribution in [3.8, 4) is 0 Å². The monoisotopic (exact) mass is 411 g/mol. The first kappa shape index (κ1) is 21.1. The molecule has 1 fully saturated rings. The van der Waals surface area contributed by atoms with E-state index in [1.165, 1.54) is 12.1 Å². The number of halogens is 3. The molecule has 2 amide bonds. The van der Waals surface area contributed by atoms with Crippen LogP contribution in [0.2, 0.25) is 0 Å². The summed E-state index contributed by atoms with van der Waals surface area (Å²) in [4.78, 5) is 16.3. The Morgan fingerprint density at radius 2 is 1.86 bits per heavy atom. The van der Waals surface area contributed by atoms with Crippen LogP contribution in [0.3, 0.4) is 0 Å². The van der Waals surface area contributed by atoms with E-state index in [0.29, 0.717) is 51.6 Å². The van der Waals surface area contributed by atoms with Crippen molar-refractivity contribution in [2.75, 3.05) is 45.2 Å². The van der Waals surface area contributed by atoms with Crippen LogP contribution in [-0.4, -0.2) is 65.5 Å². The molecule has 29 heavy (non-hydrogen) atoms. The van der Waals surface area contributed by atoms with Gasteiger partial charge in [0.25, 0.3) is 0 Å². The molecule has 3 rings (SSSR count). The summed E-state index contributed by atoms with van der Waals surface area (Å²) in [7, 11) is 1.61. The minimum atomic E-state index is -4.32. The Morgan fingerprint density at radius 3 is 2.48 bits per heavy atom. The summed E-state index contributed by atoms with van der Waals surface area (Å²) < 4.78 is 44.6. The molecule has 7 nitrogen and oxygen atoms in total. The number of methoxy groups -OCH3 is 1. The number of amides is 2. The predicted octanol–water partition coefficient (Wildman–Crippen LogP) is 2.90. The molecule has 1 aliphatic rings. The third kappa shape index (κ3) is 5.94. The second kappa shape index (κ2) is 9.27. The van der Waals surface area contributed by atoms with E-state index in [1.54, 1.807) is 29.1 Å². The average molecular weight is 411 g/mol. The predicted molar refractivity (Wildman–Crippen MR) is 101 cm³/mol. The molecule has 2 aromatic rings. The fraction of sp³-hybridized carbons (Fsp3) is 0.474. The van der Waals surface area contributed by atoms with Crippen LogP contribution in [0.15, 0.2) is 36.7 Å². The normalized spacial score (nSPS) is 15.5. The highest BCUT2D eigenvalue weighted by atomic mass is 19.4. The van der Waals surface area contributed by atoms with Gasteiger partial charge in [-0.3, -0.25) is 9.58 Å². The van der Waals surface area contributed by atoms with Crippen LogP contribution in [0, 0.1) is 0 Å². The van der Waals surface area contributed by atoms with Crippen LogP contribution < -0.4 is 5.32 Å². The molecule has 1 N–H and O–H groups in total. The van der Waals surface area contributed by atoms with Gasteiger partial charge in [-0.25, -0.2) is 4.79 Å². The molecule has 0 saturated carbocycles. The minimum absolute atomic E-state index is 0.189. The Hall–Kier alpha value is -2.59. The van der Waals surface area contributed by atoms with E-state index in [1.807, 2.05) is 0 Å². The molecule has 10 heteroatoms. The third-order valence-corrected chi connectivity index (χ3v) is 4.76. The number of hydrogen-bond acceptors (Lipinski definition) is 4. The topological polar surface area (TPSA) is 62.6 Å². The van der Waals surface area contributed by atoms with Gasteiger partial charge in [0.05, 0.1) is 30.6 Å². The van der Waals surface area contributed by atoms with Crippen molar-refractivity contribution in [2.45, 2.75) is 19.3 Å². The van der Waals surface area contributed by atoms with Gasteiger partial charge < -0.3 is 15.0 Å². The van der Waals surface area contributed by atoms with Gasteiger partial charge in [0.1, 0.15) is 0 Å². The first-order valence-corrected chi connectivity index (χ1v) is 9.31. The SMILES string of the molecule is COCCn1cc(NC(=O)N2CCN(Cc3ccc(C(F)(F)F)cc3)CC2)cn1. The number of nitrogens with zero attached hydrogens (tertiary/aromatic N) is 4. The molecule has 0 aliphatic carbocycles. The summed E-state index contributed by atoms with van der Waals surface area (Å²) >= 11 is 0. The van der Waals surface area contributed by atoms with Crippen molar-refractivity contribution in [3.63, 3.8) is 0 Å². The molecule has 0 radical (unpaired) electrons. The molecule has 1 aromatic carbocycles. The zero-order valence-electron chi connectivity index (χ0n) is 16.2. The zero-order chi connectivity index (χ0) is 20.9. The number of piperazine rings is 1. The van der Waals surface area contributed by atoms with Gasteiger partial charge in [0.2, 0.25) is 0 Å². The first-order valence-electron chi connectivity index (χ1n) is 9.31. The fourth-order valence-electron chi connectivity index (χ4n) is 3.10. The molecule has 1 aliphatic heterocycles. The molecule has 0 bridgehead atoms. The average Bonchev–Trinajstić information content (AvgIpc) is 3.14. The molecular weight excluding hydrogens is 387 g/mol. The van der Waals surface area contributed by atoms with Crippen LogP contribution in [0.25, 0.3) is 0 Å². The van der Waals surface area contributed by atoms with Crippen molar-refractivity contribution in [1.29, 1.82) is 0 Å². The van der Waals surface area contributed by atoms with E-state index in [0.717, 1.165) is 17.7 Å². The number of alkyl halides is 3. The van der Waals surface area contributed by atoms with Crippen molar-refractivity contribution in [3.05, 3.63) is 47.8 Å². The van der Waals surface area contributed by atoms with Gasteiger partial charge >= 0.3 is 12.2 Å². The molecule has 0 atom stereocenters. The number of urea groups is 1. The summed E-state index contributed by atoms with van der Waals surface area (Å²) in [5.41, 5.74) is 0.797. The van der Waals surface area contributed by atoms with Crippen LogP contribution in [0.1, 0.15) is 11.1 Å². The third-order valence-electron chi connectivity index (χ3n) is 4.76. The lowest BCUT2D eigenvalue weighted by molar-refractivity contribution is -0.137. The second-order valence-electron chi connectivity index (χ2n) is 6.87. The van der Waals surface area contributed by atoms with Gasteiger partial charge in [0.15, 0.2) is 0 Å². The number of rotatable bonds is 6. The molecule has 158 valence electrons. The summed E-state index contributed by atoms with van der Waals surface area (Å²) in [5, 5.41) is 6.99. The second-order valence-corrected chi connectivity index (χ2v) is 6.87. The number of benzene rings is 1. The van der Waals surface area contributed by atoms with Crippen LogP contribution in [0.5, 0.6) is 0 Å². The van der Waals surface area contributed by atoms with Gasteiger partial charge in [-0.1, -0.05) is 12.1 Å². The smallest absolute Gasteiger partial charge is 0.383 e. The number of carbonyl (C=O) groups excluding carboxylic acids is 1. The largest absolute Gasteiger partial charge is 0.416 e. The Kier molecular flexibility index (Phi) is 6.75. The highest BCUT2D eigenvalue weighted by Gasteiger charge is 2.30. The van der Waals surface area contributed by atoms with Gasteiger partial charge in [-0.05, 0) is 17.7 Å². The van der Waals surface area contributed by atoms with Crippen molar-refractivity contribution in [1.82, 2.24) is 19.6 Å². The lowest BCUT2D eigenvalue weighted by Crippen LogP contribution is -2.49. The van der Waals surface area contributed by atoms with E-state index < -0.39 is 11.7 Å². The van der Waals surface area contributed by atoms with Crippen LogP contribution >= 0.6 is 0 Å². The summed E-state index contributed by atoms with van der Waals surface area (Å²) in [6.45, 7) is 4.10. The zero-order valence-corrected chi connectivity index (χ0v) is 16.2. The lowest BCUT2D eigenvalue weighted by atomic mass is 10.1. The highest BCUT2D eigenvalue weighted by Crippen LogP contribution is 2.29. The number of carbonyl (C=O) groups is 1. The Bertz CT molecular complexity index is 799. The standard InChI is InChI=1S/C19H24F3N5O2/c1-29-11-10-27-14-17(12-23-27)24-18(28)26-8-6-25(7-9-26)13-15-2-4-16(5-3-15)19(20,21)22/h2-5,12,14H,6-11,13H2,1H3,(H,24,28). The Morgan fingerprint density at radius 1 is 1.17 bits per heavy atom. The maximum absolute atomic E-state index is 12.6. The Labute approximate surface area is 167 Å². The summed E-state index contributed by atoms with van der Waals surface area (Å²) in [6.07, 6.45) is -0.982. The molecule has 0 unspecified atom stereocenters. The van der Waals surface area contributed by atoms with E-state index in [2.05, 4.69) is 15.3 Å². The first-order chi connectivity index (χ1) is 13.8. The van der Waals surface area contributed by atoms with Crippen molar-refractivity contribution >= 4 is 11.7 Å². The van der Waals surface area contributed by atoms with E-state index in [9.17, 15) is 18.0 Å². The van der Waals surface area contributed by atoms with E-state index >= 15 is 0 Å². The van der Waals surface area contributed by atoms with Gasteiger partial charge in [0, 0.05) is 46.0 Å². The number of hydrogen-bond donors (Lipinski definition) is 1. The molecule has 2 heterocycles. The van der Waals surface area contributed by atoms with Gasteiger partial charge in [-0.2, -0.15) is 18.3 Å². The maximum Gasteiger partial charge on any atom is 0.416 e. The van der Waals surface area contributed by atoms with Crippen LogP contribution in [-0.2, 0) is 24.0 Å². The lowest BCUT2D eigenvalue weighted by Gasteiger charge is -2.34. The minimum Gasteiger partial charge on any atom is -0.383 e. The van der Waals surface area contributed by atoms with Crippen molar-refractivity contribution < 1.29 is 22.7 Å². The number of anilines is 1. The summed E-state index contributed by atoms with van der Waals surface area (Å²) in [5.74, 6) is 0. The highest BCUT2D eigenvalue weighted by molar-refractivity contribution is 5.89. The number of nitrogens with one attached hydrogen (secondary N) is 1. The Balaban J connectivity index is 1.45. The van der Waals surface area contributed by atoms with Gasteiger partial charge in [-0.15, -0.1) is 0 Å². The fourth-order valence-corrected chi connectivity index (χ4v) is 3.10. The number of ether oxygens (including phenoxy) is 1. The molecular formula is C19H24F3N5O2. The molecule has 1 aromatic heterocycles. The van der Waals surface area contributed by atoms with E-state index in [-0.39, 0.29) is 6.03 Å². The summed E-state index contributed by atoms with van der Waals surface area (Å²) in [6, 6.07) is 5.02. The van der Waals surface area contributed by atoms with E-state index in [4.69, 9.17) is 4.74 Å².